The van der Waals surface area contributed by atoms with Crippen molar-refractivity contribution in [3.05, 3.63) is 59.0 Å². The Balaban J connectivity index is 2.25. The standard InChI is InChI=1S/C15H19NO/c1-11-5-6-12(2)15(8-11)13(10-16)9-14-4-3-7-17-14/h3-8,13H,9-10,16H2,1-2H3. The van der Waals surface area contributed by atoms with Crippen molar-refractivity contribution in [2.45, 2.75) is 26.2 Å². The van der Waals surface area contributed by atoms with Gasteiger partial charge in [-0.15, -0.1) is 0 Å². The predicted octanol–water partition coefficient (Wildman–Crippen LogP) is 3.18. The Bertz CT molecular complexity index is 474. The van der Waals surface area contributed by atoms with E-state index in [4.69, 9.17) is 10.2 Å². The van der Waals surface area contributed by atoms with Crippen molar-refractivity contribution in [3.8, 4) is 0 Å². The Hall–Kier alpha value is -1.54. The predicted molar refractivity (Wildman–Crippen MR) is 70.1 cm³/mol. The molecule has 0 spiro atoms. The Morgan fingerprint density at radius 1 is 1.24 bits per heavy atom. The molecule has 0 radical (unpaired) electrons. The molecule has 0 saturated heterocycles. The van der Waals surface area contributed by atoms with Crippen molar-refractivity contribution in [1.29, 1.82) is 0 Å². The minimum absolute atomic E-state index is 0.334. The average Bonchev–Trinajstić information content (AvgIpc) is 2.82. The van der Waals surface area contributed by atoms with Gasteiger partial charge in [-0.3, -0.25) is 0 Å². The van der Waals surface area contributed by atoms with Crippen LogP contribution in [0, 0.1) is 13.8 Å². The average molecular weight is 229 g/mol. The molecule has 0 saturated carbocycles. The van der Waals surface area contributed by atoms with Gasteiger partial charge in [-0.05, 0) is 43.7 Å². The van der Waals surface area contributed by atoms with Crippen molar-refractivity contribution in [2.24, 2.45) is 5.73 Å². The van der Waals surface area contributed by atoms with Crippen LogP contribution in [0.15, 0.2) is 41.0 Å². The van der Waals surface area contributed by atoms with Crippen molar-refractivity contribution >= 4 is 0 Å². The highest BCUT2D eigenvalue weighted by atomic mass is 16.3. The van der Waals surface area contributed by atoms with E-state index in [-0.39, 0.29) is 0 Å². The maximum absolute atomic E-state index is 5.90. The van der Waals surface area contributed by atoms with Crippen LogP contribution in [0.5, 0.6) is 0 Å². The van der Waals surface area contributed by atoms with E-state index >= 15 is 0 Å². The van der Waals surface area contributed by atoms with Gasteiger partial charge in [-0.2, -0.15) is 0 Å². The van der Waals surface area contributed by atoms with E-state index in [1.54, 1.807) is 6.26 Å². The molecule has 1 heterocycles. The molecule has 1 atom stereocenters. The second-order valence-electron chi connectivity index (χ2n) is 4.58. The summed E-state index contributed by atoms with van der Waals surface area (Å²) in [6.07, 6.45) is 2.58. The lowest BCUT2D eigenvalue weighted by Gasteiger charge is -2.17. The number of furan rings is 1. The lowest BCUT2D eigenvalue weighted by molar-refractivity contribution is 0.486. The normalized spacial score (nSPS) is 12.6. The number of hydrogen-bond acceptors (Lipinski definition) is 2. The van der Waals surface area contributed by atoms with Gasteiger partial charge in [-0.25, -0.2) is 0 Å². The summed E-state index contributed by atoms with van der Waals surface area (Å²) < 4.78 is 5.40. The van der Waals surface area contributed by atoms with Gasteiger partial charge in [0.05, 0.1) is 6.26 Å². The Labute approximate surface area is 102 Å². The Kier molecular flexibility index (Phi) is 3.64. The molecule has 17 heavy (non-hydrogen) atoms. The van der Waals surface area contributed by atoms with Crippen LogP contribution < -0.4 is 5.73 Å². The molecule has 0 aliphatic rings. The molecule has 1 aromatic carbocycles. The van der Waals surface area contributed by atoms with Crippen LogP contribution in [-0.4, -0.2) is 6.54 Å². The number of nitrogens with two attached hydrogens (primary N) is 1. The molecule has 2 nitrogen and oxygen atoms in total. The molecule has 1 aromatic heterocycles. The van der Waals surface area contributed by atoms with E-state index in [9.17, 15) is 0 Å². The molecular formula is C15H19NO. The lowest BCUT2D eigenvalue weighted by Crippen LogP contribution is -2.16. The van der Waals surface area contributed by atoms with Gasteiger partial charge in [0.2, 0.25) is 0 Å². The van der Waals surface area contributed by atoms with Gasteiger partial charge >= 0.3 is 0 Å². The van der Waals surface area contributed by atoms with Crippen molar-refractivity contribution in [2.75, 3.05) is 6.54 Å². The molecule has 0 aliphatic heterocycles. The zero-order chi connectivity index (χ0) is 12.3. The first kappa shape index (κ1) is 11.9. The van der Waals surface area contributed by atoms with E-state index < -0.39 is 0 Å². The van der Waals surface area contributed by atoms with Gasteiger partial charge in [0.1, 0.15) is 5.76 Å². The molecular weight excluding hydrogens is 210 g/mol. The van der Waals surface area contributed by atoms with Gasteiger partial charge in [0.25, 0.3) is 0 Å². The number of hydrogen-bond donors (Lipinski definition) is 1. The number of benzene rings is 1. The van der Waals surface area contributed by atoms with Crippen LogP contribution in [0.3, 0.4) is 0 Å². The Morgan fingerprint density at radius 2 is 2.06 bits per heavy atom. The topological polar surface area (TPSA) is 39.2 Å². The van der Waals surface area contributed by atoms with Crippen LogP contribution in [0.4, 0.5) is 0 Å². The highest BCUT2D eigenvalue weighted by Gasteiger charge is 2.14. The van der Waals surface area contributed by atoms with Crippen LogP contribution >= 0.6 is 0 Å². The Morgan fingerprint density at radius 3 is 2.71 bits per heavy atom. The van der Waals surface area contributed by atoms with E-state index in [0.29, 0.717) is 12.5 Å². The molecule has 0 fully saturated rings. The molecule has 0 aliphatic carbocycles. The number of rotatable bonds is 4. The maximum atomic E-state index is 5.90. The first-order chi connectivity index (χ1) is 8.20. The van der Waals surface area contributed by atoms with Crippen LogP contribution in [-0.2, 0) is 6.42 Å². The van der Waals surface area contributed by atoms with Crippen LogP contribution in [0.25, 0.3) is 0 Å². The molecule has 2 N–H and O–H groups in total. The fraction of sp³-hybridized carbons (Fsp3) is 0.333. The summed E-state index contributed by atoms with van der Waals surface area (Å²) in [6.45, 7) is 4.90. The van der Waals surface area contributed by atoms with Crippen molar-refractivity contribution in [1.82, 2.24) is 0 Å². The summed E-state index contributed by atoms with van der Waals surface area (Å²) in [6, 6.07) is 10.5. The van der Waals surface area contributed by atoms with Gasteiger partial charge in [0.15, 0.2) is 0 Å². The molecule has 2 aromatic rings. The zero-order valence-electron chi connectivity index (χ0n) is 10.4. The first-order valence-electron chi connectivity index (χ1n) is 6.00. The first-order valence-corrected chi connectivity index (χ1v) is 6.00. The van der Waals surface area contributed by atoms with E-state index in [0.717, 1.165) is 12.2 Å². The zero-order valence-corrected chi connectivity index (χ0v) is 10.4. The summed E-state index contributed by atoms with van der Waals surface area (Å²) in [4.78, 5) is 0. The molecule has 1 unspecified atom stereocenters. The minimum atomic E-state index is 0.334. The minimum Gasteiger partial charge on any atom is -0.469 e. The van der Waals surface area contributed by atoms with Gasteiger partial charge < -0.3 is 10.2 Å². The lowest BCUT2D eigenvalue weighted by atomic mass is 9.90. The van der Waals surface area contributed by atoms with Crippen molar-refractivity contribution < 1.29 is 4.42 Å². The third kappa shape index (κ3) is 2.77. The summed E-state index contributed by atoms with van der Waals surface area (Å²) >= 11 is 0. The maximum Gasteiger partial charge on any atom is 0.104 e. The van der Waals surface area contributed by atoms with Crippen LogP contribution in [0.1, 0.15) is 28.4 Å². The van der Waals surface area contributed by atoms with E-state index in [1.165, 1.54) is 16.7 Å². The highest BCUT2D eigenvalue weighted by Crippen LogP contribution is 2.24. The monoisotopic (exact) mass is 229 g/mol. The van der Waals surface area contributed by atoms with E-state index in [1.807, 2.05) is 12.1 Å². The molecule has 2 heteroatoms. The SMILES string of the molecule is Cc1ccc(C)c(C(CN)Cc2ccco2)c1. The smallest absolute Gasteiger partial charge is 0.104 e. The third-order valence-corrected chi connectivity index (χ3v) is 3.19. The summed E-state index contributed by atoms with van der Waals surface area (Å²) in [5, 5.41) is 0. The van der Waals surface area contributed by atoms with Crippen molar-refractivity contribution in [3.63, 3.8) is 0 Å². The molecule has 90 valence electrons. The van der Waals surface area contributed by atoms with Crippen LogP contribution in [0.2, 0.25) is 0 Å². The number of aryl methyl sites for hydroxylation is 2. The highest BCUT2D eigenvalue weighted by molar-refractivity contribution is 5.34. The summed E-state index contributed by atoms with van der Waals surface area (Å²) in [7, 11) is 0. The fourth-order valence-corrected chi connectivity index (χ4v) is 2.19. The van der Waals surface area contributed by atoms with E-state index in [2.05, 4.69) is 32.0 Å². The van der Waals surface area contributed by atoms with Gasteiger partial charge in [0, 0.05) is 12.3 Å². The second-order valence-corrected chi connectivity index (χ2v) is 4.58. The molecule has 2 rings (SSSR count). The van der Waals surface area contributed by atoms with Gasteiger partial charge in [-0.1, -0.05) is 23.8 Å². The second kappa shape index (κ2) is 5.19. The summed E-state index contributed by atoms with van der Waals surface area (Å²) in [5.74, 6) is 1.34. The quantitative estimate of drug-likeness (QED) is 0.874. The third-order valence-electron chi connectivity index (χ3n) is 3.19. The summed E-state index contributed by atoms with van der Waals surface area (Å²) in [5.41, 5.74) is 9.82. The largest absolute Gasteiger partial charge is 0.469 e. The fourth-order valence-electron chi connectivity index (χ4n) is 2.19. The molecule has 0 amide bonds. The molecule has 0 bridgehead atoms.